The second-order valence-electron chi connectivity index (χ2n) is 7.34. The number of fused-ring (bicyclic) bond motifs is 1. The van der Waals surface area contributed by atoms with Crippen LogP contribution in [0.2, 0.25) is 0 Å². The van der Waals surface area contributed by atoms with E-state index in [1.807, 2.05) is 78.9 Å². The van der Waals surface area contributed by atoms with Crippen molar-refractivity contribution in [3.05, 3.63) is 90.0 Å². The van der Waals surface area contributed by atoms with Crippen LogP contribution in [0.3, 0.4) is 0 Å². The molecule has 4 rings (SSSR count). The van der Waals surface area contributed by atoms with Crippen molar-refractivity contribution in [1.82, 2.24) is 4.98 Å². The van der Waals surface area contributed by atoms with Gasteiger partial charge in [-0.25, -0.2) is 4.98 Å². The molecule has 4 aromatic rings. The van der Waals surface area contributed by atoms with Gasteiger partial charge >= 0.3 is 0 Å². The van der Waals surface area contributed by atoms with Crippen LogP contribution in [-0.4, -0.2) is 16.8 Å². The number of para-hydroxylation sites is 1. The molecule has 2 amide bonds. The summed E-state index contributed by atoms with van der Waals surface area (Å²) >= 11 is 0. The number of carbonyl (C=O) groups excluding carboxylic acids is 2. The summed E-state index contributed by atoms with van der Waals surface area (Å²) in [6.07, 6.45) is 0.952. The molecular formula is C26H23N3O2. The minimum Gasteiger partial charge on any atom is -0.326 e. The lowest BCUT2D eigenvalue weighted by Gasteiger charge is -2.11. The van der Waals surface area contributed by atoms with Gasteiger partial charge in [0.25, 0.3) is 5.91 Å². The van der Waals surface area contributed by atoms with Crippen LogP contribution in [0.1, 0.15) is 29.8 Å². The number of pyridine rings is 1. The summed E-state index contributed by atoms with van der Waals surface area (Å²) in [4.78, 5) is 29.1. The van der Waals surface area contributed by atoms with Gasteiger partial charge in [-0.15, -0.1) is 0 Å². The lowest BCUT2D eigenvalue weighted by molar-refractivity contribution is -0.114. The molecule has 0 spiro atoms. The van der Waals surface area contributed by atoms with Gasteiger partial charge in [-0.2, -0.15) is 0 Å². The maximum absolute atomic E-state index is 13.2. The van der Waals surface area contributed by atoms with E-state index in [2.05, 4.69) is 17.6 Å². The molecule has 0 bridgehead atoms. The van der Waals surface area contributed by atoms with Crippen molar-refractivity contribution in [2.75, 3.05) is 10.6 Å². The van der Waals surface area contributed by atoms with Gasteiger partial charge in [0.15, 0.2) is 0 Å². The molecule has 31 heavy (non-hydrogen) atoms. The van der Waals surface area contributed by atoms with E-state index in [0.29, 0.717) is 16.9 Å². The zero-order valence-corrected chi connectivity index (χ0v) is 17.5. The lowest BCUT2D eigenvalue weighted by atomic mass is 10.0. The number of hydrogen-bond acceptors (Lipinski definition) is 3. The summed E-state index contributed by atoms with van der Waals surface area (Å²) in [6.45, 7) is 3.57. The van der Waals surface area contributed by atoms with Crippen LogP contribution in [0.5, 0.6) is 0 Å². The summed E-state index contributed by atoms with van der Waals surface area (Å²) in [5.74, 6) is -0.304. The summed E-state index contributed by atoms with van der Waals surface area (Å²) in [7, 11) is 0. The average molecular weight is 409 g/mol. The Morgan fingerprint density at radius 2 is 1.48 bits per heavy atom. The van der Waals surface area contributed by atoms with Crippen molar-refractivity contribution < 1.29 is 9.59 Å². The molecule has 5 nitrogen and oxygen atoms in total. The maximum Gasteiger partial charge on any atom is 0.256 e. The normalized spacial score (nSPS) is 10.6. The van der Waals surface area contributed by atoms with E-state index in [1.165, 1.54) is 12.5 Å². The van der Waals surface area contributed by atoms with Gasteiger partial charge in [0.1, 0.15) is 0 Å². The molecule has 5 heteroatoms. The van der Waals surface area contributed by atoms with E-state index < -0.39 is 0 Å². The Morgan fingerprint density at radius 1 is 0.839 bits per heavy atom. The highest BCUT2D eigenvalue weighted by atomic mass is 16.2. The van der Waals surface area contributed by atoms with Gasteiger partial charge in [-0.1, -0.05) is 49.4 Å². The Hall–Kier alpha value is -3.99. The van der Waals surface area contributed by atoms with Gasteiger partial charge < -0.3 is 10.6 Å². The highest BCUT2D eigenvalue weighted by Gasteiger charge is 2.14. The first-order valence-electron chi connectivity index (χ1n) is 10.2. The molecule has 0 saturated heterocycles. The average Bonchev–Trinajstić information content (AvgIpc) is 2.79. The Kier molecular flexibility index (Phi) is 5.76. The van der Waals surface area contributed by atoms with Gasteiger partial charge in [-0.05, 0) is 48.4 Å². The lowest BCUT2D eigenvalue weighted by Crippen LogP contribution is -2.13. The number of rotatable bonds is 5. The Bertz CT molecular complexity index is 1250. The van der Waals surface area contributed by atoms with Crippen molar-refractivity contribution >= 4 is 34.1 Å². The Balaban J connectivity index is 1.70. The summed E-state index contributed by atoms with van der Waals surface area (Å²) in [5.41, 5.74) is 5.55. The predicted molar refractivity (Wildman–Crippen MR) is 125 cm³/mol. The van der Waals surface area contributed by atoms with Crippen molar-refractivity contribution in [2.45, 2.75) is 20.3 Å². The molecule has 0 radical (unpaired) electrons. The standard InChI is InChI=1S/C26H23N3O2/c1-3-18-8-12-21(13-9-18)28-26(31)23-16-25(29-24-7-5-4-6-22(23)24)19-10-14-20(15-11-19)27-17(2)30/h4-16H,3H2,1-2H3,(H,27,30)(H,28,31). The molecule has 0 aliphatic rings. The van der Waals surface area contributed by atoms with Crippen LogP contribution in [0.4, 0.5) is 11.4 Å². The quantitative estimate of drug-likeness (QED) is 0.446. The van der Waals surface area contributed by atoms with Gasteiger partial charge in [0.2, 0.25) is 5.91 Å². The van der Waals surface area contributed by atoms with Crippen molar-refractivity contribution in [3.63, 3.8) is 0 Å². The number of aryl methyl sites for hydroxylation is 1. The van der Waals surface area contributed by atoms with E-state index in [4.69, 9.17) is 4.98 Å². The minimum absolute atomic E-state index is 0.123. The number of benzene rings is 3. The smallest absolute Gasteiger partial charge is 0.256 e. The molecule has 0 atom stereocenters. The monoisotopic (exact) mass is 409 g/mol. The summed E-state index contributed by atoms with van der Waals surface area (Å²) < 4.78 is 0. The van der Waals surface area contributed by atoms with Crippen LogP contribution < -0.4 is 10.6 Å². The Labute approximate surface area is 181 Å². The first-order valence-corrected chi connectivity index (χ1v) is 10.2. The van der Waals surface area contributed by atoms with E-state index in [-0.39, 0.29) is 11.8 Å². The number of carbonyl (C=O) groups is 2. The topological polar surface area (TPSA) is 71.1 Å². The second-order valence-corrected chi connectivity index (χ2v) is 7.34. The molecule has 0 unspecified atom stereocenters. The van der Waals surface area contributed by atoms with Crippen molar-refractivity contribution in [1.29, 1.82) is 0 Å². The van der Waals surface area contributed by atoms with E-state index >= 15 is 0 Å². The summed E-state index contributed by atoms with van der Waals surface area (Å²) in [6, 6.07) is 24.7. The Morgan fingerprint density at radius 3 is 2.16 bits per heavy atom. The third kappa shape index (κ3) is 4.61. The second kappa shape index (κ2) is 8.79. The van der Waals surface area contributed by atoms with Gasteiger partial charge in [-0.3, -0.25) is 9.59 Å². The first-order chi connectivity index (χ1) is 15.0. The number of hydrogen-bond donors (Lipinski definition) is 2. The molecule has 1 heterocycles. The fourth-order valence-corrected chi connectivity index (χ4v) is 3.46. The molecule has 0 saturated carbocycles. The van der Waals surface area contributed by atoms with Crippen LogP contribution in [-0.2, 0) is 11.2 Å². The fraction of sp³-hybridized carbons (Fsp3) is 0.115. The molecule has 3 aromatic carbocycles. The minimum atomic E-state index is -0.182. The molecule has 0 aliphatic carbocycles. The SMILES string of the molecule is CCc1ccc(NC(=O)c2cc(-c3ccc(NC(C)=O)cc3)nc3ccccc23)cc1. The zero-order valence-electron chi connectivity index (χ0n) is 17.5. The highest BCUT2D eigenvalue weighted by molar-refractivity contribution is 6.13. The predicted octanol–water partition coefficient (Wildman–Crippen LogP) is 5.67. The zero-order chi connectivity index (χ0) is 21.8. The molecule has 2 N–H and O–H groups in total. The van der Waals surface area contributed by atoms with E-state index in [0.717, 1.165) is 28.6 Å². The van der Waals surface area contributed by atoms with Crippen molar-refractivity contribution in [2.24, 2.45) is 0 Å². The van der Waals surface area contributed by atoms with Crippen LogP contribution in [0.15, 0.2) is 78.9 Å². The van der Waals surface area contributed by atoms with Crippen molar-refractivity contribution in [3.8, 4) is 11.3 Å². The summed E-state index contributed by atoms with van der Waals surface area (Å²) in [5, 5.41) is 6.55. The van der Waals surface area contributed by atoms with E-state index in [1.54, 1.807) is 0 Å². The largest absolute Gasteiger partial charge is 0.326 e. The highest BCUT2D eigenvalue weighted by Crippen LogP contribution is 2.26. The van der Waals surface area contributed by atoms with E-state index in [9.17, 15) is 9.59 Å². The fourth-order valence-electron chi connectivity index (χ4n) is 3.46. The van der Waals surface area contributed by atoms with Crippen LogP contribution >= 0.6 is 0 Å². The molecule has 1 aromatic heterocycles. The van der Waals surface area contributed by atoms with Crippen LogP contribution in [0, 0.1) is 0 Å². The van der Waals surface area contributed by atoms with Crippen LogP contribution in [0.25, 0.3) is 22.2 Å². The molecule has 154 valence electrons. The molecular weight excluding hydrogens is 386 g/mol. The molecule has 0 fully saturated rings. The van der Waals surface area contributed by atoms with Gasteiger partial charge in [0, 0.05) is 29.2 Å². The third-order valence-corrected chi connectivity index (χ3v) is 5.08. The third-order valence-electron chi connectivity index (χ3n) is 5.08. The molecule has 0 aliphatic heterocycles. The number of nitrogens with zero attached hydrogens (tertiary/aromatic N) is 1. The van der Waals surface area contributed by atoms with Gasteiger partial charge in [0.05, 0.1) is 16.8 Å². The number of anilines is 2. The number of nitrogens with one attached hydrogen (secondary N) is 2. The first kappa shape index (κ1) is 20.3. The number of aromatic nitrogens is 1. The maximum atomic E-state index is 13.2. The number of amides is 2.